The second-order valence-electron chi connectivity index (χ2n) is 6.32. The maximum absolute atomic E-state index is 12.1. The monoisotopic (exact) mass is 359 g/mol. The van der Waals surface area contributed by atoms with Crippen LogP contribution in [-0.2, 0) is 27.4 Å². The van der Waals surface area contributed by atoms with Gasteiger partial charge in [0.25, 0.3) is 0 Å². The predicted octanol–water partition coefficient (Wildman–Crippen LogP) is 3.24. The zero-order valence-electron chi connectivity index (χ0n) is 15.2. The molecule has 0 bridgehead atoms. The Morgan fingerprint density at radius 2 is 2.19 bits per heavy atom. The summed E-state index contributed by atoms with van der Waals surface area (Å²) in [4.78, 5) is 37.7. The lowest BCUT2D eigenvalue weighted by Gasteiger charge is -2.16. The Balaban J connectivity index is 2.52. The summed E-state index contributed by atoms with van der Waals surface area (Å²) in [5.41, 5.74) is 3.35. The minimum atomic E-state index is -0.863. The first kappa shape index (κ1) is 19.4. The molecule has 1 N–H and O–H groups in total. The van der Waals surface area contributed by atoms with Crippen LogP contribution in [0.4, 0.5) is 5.69 Å². The molecule has 0 unspecified atom stereocenters. The van der Waals surface area contributed by atoms with E-state index in [0.717, 1.165) is 11.1 Å². The molecule has 0 aromatic heterocycles. The van der Waals surface area contributed by atoms with E-state index in [-0.39, 0.29) is 17.9 Å². The van der Waals surface area contributed by atoms with Crippen LogP contribution >= 0.6 is 0 Å². The number of fused-ring (bicyclic) bond motifs is 1. The van der Waals surface area contributed by atoms with Crippen molar-refractivity contribution in [2.24, 2.45) is 10.9 Å². The Morgan fingerprint density at radius 3 is 2.77 bits per heavy atom. The van der Waals surface area contributed by atoms with Crippen molar-refractivity contribution in [3.63, 3.8) is 0 Å². The fraction of sp³-hybridized carbons (Fsp3) is 0.421. The average molecular weight is 359 g/mol. The summed E-state index contributed by atoms with van der Waals surface area (Å²) in [7, 11) is 1.51. The van der Waals surface area contributed by atoms with Gasteiger partial charge in [0.05, 0.1) is 24.3 Å². The molecule has 0 saturated heterocycles. The van der Waals surface area contributed by atoms with Gasteiger partial charge in [-0.1, -0.05) is 18.6 Å². The molecule has 2 rings (SSSR count). The topological polar surface area (TPSA) is 102 Å². The predicted molar refractivity (Wildman–Crippen MR) is 93.5 cm³/mol. The fourth-order valence-electron chi connectivity index (χ4n) is 3.13. The molecule has 0 fully saturated rings. The van der Waals surface area contributed by atoms with E-state index in [0.29, 0.717) is 29.7 Å². The van der Waals surface area contributed by atoms with Crippen molar-refractivity contribution in [1.82, 2.24) is 0 Å². The largest absolute Gasteiger partial charge is 0.496 e. The number of aliphatic imine (C=N–C) groups is 1. The van der Waals surface area contributed by atoms with Gasteiger partial charge in [-0.05, 0) is 32.3 Å². The van der Waals surface area contributed by atoms with Crippen LogP contribution in [0.15, 0.2) is 16.6 Å². The Bertz CT molecular complexity index is 833. The van der Waals surface area contributed by atoms with Crippen molar-refractivity contribution in [3.8, 4) is 5.75 Å². The van der Waals surface area contributed by atoms with Crippen LogP contribution in [0.25, 0.3) is 0 Å². The molecular formula is C19H21NO6. The number of carboxylic acids is 1. The Kier molecular flexibility index (Phi) is 5.95. The minimum absolute atomic E-state index is 0.114. The van der Waals surface area contributed by atoms with Gasteiger partial charge in [0, 0.05) is 11.1 Å². The lowest BCUT2D eigenvalue weighted by Crippen LogP contribution is -2.09. The Hall–Kier alpha value is -2.92. The Morgan fingerprint density at radius 1 is 1.50 bits per heavy atom. The standard InChI is InChI=1S/C19H21NO6/c1-10(7-11(2)18(22)23)5-6-13-16(20-9-21)15-14(8-26-19(15)24)12(3)17(13)25-4/h5,11H,6-8H2,1-4H3,(H,22,23)/t11-/m0/s1. The van der Waals surface area contributed by atoms with Gasteiger partial charge in [0.15, 0.2) is 0 Å². The molecule has 1 aromatic carbocycles. The molecule has 0 aliphatic carbocycles. The number of esters is 1. The quantitative estimate of drug-likeness (QED) is 0.347. The lowest BCUT2D eigenvalue weighted by atomic mass is 9.93. The van der Waals surface area contributed by atoms with Gasteiger partial charge in [-0.2, -0.15) is 4.99 Å². The smallest absolute Gasteiger partial charge is 0.341 e. The van der Waals surface area contributed by atoms with Gasteiger partial charge < -0.3 is 14.6 Å². The number of aliphatic carboxylic acids is 1. The third kappa shape index (κ3) is 3.68. The second kappa shape index (κ2) is 7.97. The van der Waals surface area contributed by atoms with E-state index in [1.165, 1.54) is 13.2 Å². The molecule has 0 amide bonds. The molecule has 1 aromatic rings. The molecule has 1 heterocycles. The second-order valence-corrected chi connectivity index (χ2v) is 6.32. The molecule has 7 heteroatoms. The van der Waals surface area contributed by atoms with Crippen LogP contribution in [0, 0.1) is 12.8 Å². The van der Waals surface area contributed by atoms with Crippen molar-refractivity contribution in [2.45, 2.75) is 40.2 Å². The number of carbonyl (C=O) groups is 2. The van der Waals surface area contributed by atoms with Crippen LogP contribution in [0.5, 0.6) is 5.75 Å². The number of carbonyl (C=O) groups excluding carboxylic acids is 2. The van der Waals surface area contributed by atoms with Crippen molar-refractivity contribution >= 4 is 23.7 Å². The number of benzene rings is 1. The normalized spacial score (nSPS) is 14.3. The molecular weight excluding hydrogens is 338 g/mol. The summed E-state index contributed by atoms with van der Waals surface area (Å²) < 4.78 is 10.6. The van der Waals surface area contributed by atoms with E-state index < -0.39 is 17.9 Å². The highest BCUT2D eigenvalue weighted by Gasteiger charge is 2.32. The SMILES string of the molecule is COc1c(C)c2c(c(N=C=O)c1CC=C(C)C[C@H](C)C(=O)O)C(=O)OC2. The lowest BCUT2D eigenvalue weighted by molar-refractivity contribution is -0.141. The number of isocyanates is 1. The summed E-state index contributed by atoms with van der Waals surface area (Å²) >= 11 is 0. The number of carboxylic acid groups (broad SMARTS) is 1. The first-order valence-electron chi connectivity index (χ1n) is 8.17. The molecule has 1 atom stereocenters. The molecule has 138 valence electrons. The van der Waals surface area contributed by atoms with E-state index >= 15 is 0 Å². The van der Waals surface area contributed by atoms with Crippen LogP contribution in [0.2, 0.25) is 0 Å². The third-order valence-electron chi connectivity index (χ3n) is 4.51. The van der Waals surface area contributed by atoms with Gasteiger partial charge >= 0.3 is 11.9 Å². The number of allylic oxidation sites excluding steroid dienone is 2. The van der Waals surface area contributed by atoms with Crippen molar-refractivity contribution < 1.29 is 29.0 Å². The van der Waals surface area contributed by atoms with Crippen LogP contribution < -0.4 is 4.74 Å². The van der Waals surface area contributed by atoms with Crippen molar-refractivity contribution in [1.29, 1.82) is 0 Å². The fourth-order valence-corrected chi connectivity index (χ4v) is 3.13. The molecule has 1 aliphatic rings. The van der Waals surface area contributed by atoms with Crippen LogP contribution in [-0.4, -0.2) is 30.2 Å². The molecule has 1 aliphatic heterocycles. The van der Waals surface area contributed by atoms with Crippen molar-refractivity contribution in [2.75, 3.05) is 7.11 Å². The number of cyclic esters (lactones) is 1. The number of rotatable bonds is 7. The van der Waals surface area contributed by atoms with E-state index in [1.807, 2.05) is 19.9 Å². The minimum Gasteiger partial charge on any atom is -0.496 e. The maximum Gasteiger partial charge on any atom is 0.341 e. The van der Waals surface area contributed by atoms with Gasteiger partial charge in [0.1, 0.15) is 12.4 Å². The number of nitrogens with zero attached hydrogens (tertiary/aromatic N) is 1. The first-order chi connectivity index (χ1) is 12.3. The summed E-state index contributed by atoms with van der Waals surface area (Å²) in [6.45, 7) is 5.41. The number of ether oxygens (including phenoxy) is 2. The highest BCUT2D eigenvalue weighted by atomic mass is 16.5. The van der Waals surface area contributed by atoms with E-state index in [2.05, 4.69) is 4.99 Å². The van der Waals surface area contributed by atoms with Crippen LogP contribution in [0.3, 0.4) is 0 Å². The van der Waals surface area contributed by atoms with Crippen molar-refractivity contribution in [3.05, 3.63) is 33.9 Å². The summed E-state index contributed by atoms with van der Waals surface area (Å²) in [6, 6.07) is 0. The van der Waals surface area contributed by atoms with Crippen LogP contribution in [0.1, 0.15) is 47.3 Å². The van der Waals surface area contributed by atoms with E-state index in [1.54, 1.807) is 6.92 Å². The average Bonchev–Trinajstić information content (AvgIpc) is 2.97. The van der Waals surface area contributed by atoms with Gasteiger partial charge in [-0.15, -0.1) is 0 Å². The summed E-state index contributed by atoms with van der Waals surface area (Å²) in [5, 5.41) is 9.03. The summed E-state index contributed by atoms with van der Waals surface area (Å²) in [5.74, 6) is -1.36. The molecule has 26 heavy (non-hydrogen) atoms. The zero-order chi connectivity index (χ0) is 19.4. The van der Waals surface area contributed by atoms with E-state index in [4.69, 9.17) is 14.6 Å². The maximum atomic E-state index is 12.1. The molecule has 0 radical (unpaired) electrons. The number of hydrogen-bond donors (Lipinski definition) is 1. The molecule has 0 saturated carbocycles. The highest BCUT2D eigenvalue weighted by Crippen LogP contribution is 2.42. The van der Waals surface area contributed by atoms with Gasteiger partial charge in [-0.25, -0.2) is 9.59 Å². The molecule has 0 spiro atoms. The van der Waals surface area contributed by atoms with Gasteiger partial charge in [-0.3, -0.25) is 4.79 Å². The zero-order valence-corrected chi connectivity index (χ0v) is 15.2. The first-order valence-corrected chi connectivity index (χ1v) is 8.17. The third-order valence-corrected chi connectivity index (χ3v) is 4.51. The number of hydrogen-bond acceptors (Lipinski definition) is 6. The number of methoxy groups -OCH3 is 1. The Labute approximate surface area is 151 Å². The summed E-state index contributed by atoms with van der Waals surface area (Å²) in [6.07, 6.45) is 4.08. The highest BCUT2D eigenvalue weighted by molar-refractivity contribution is 6.01. The van der Waals surface area contributed by atoms with E-state index in [9.17, 15) is 14.4 Å². The molecule has 7 nitrogen and oxygen atoms in total. The van der Waals surface area contributed by atoms with Gasteiger partial charge in [0.2, 0.25) is 6.08 Å².